The molecule has 4 nitrogen and oxygen atoms in total. The SMILES string of the molecule is CCNC(=O)c1ccc(N)c(NCc2ccccc2)c1. The third-order valence-corrected chi connectivity index (χ3v) is 2.98. The molecule has 1 amide bonds. The number of hydrogen-bond donors (Lipinski definition) is 3. The normalized spacial score (nSPS) is 10.1. The predicted octanol–water partition coefficient (Wildman–Crippen LogP) is 2.63. The molecule has 0 spiro atoms. The Hall–Kier alpha value is -2.49. The van der Waals surface area contributed by atoms with Crippen molar-refractivity contribution >= 4 is 17.3 Å². The summed E-state index contributed by atoms with van der Waals surface area (Å²) >= 11 is 0. The highest BCUT2D eigenvalue weighted by Crippen LogP contribution is 2.20. The van der Waals surface area contributed by atoms with Crippen LogP contribution < -0.4 is 16.4 Å². The molecule has 0 bridgehead atoms. The molecule has 2 aromatic rings. The topological polar surface area (TPSA) is 67.2 Å². The van der Waals surface area contributed by atoms with Crippen molar-refractivity contribution in [3.05, 3.63) is 59.7 Å². The first kappa shape index (κ1) is 13.9. The number of rotatable bonds is 5. The molecular formula is C16H19N3O. The maximum Gasteiger partial charge on any atom is 0.251 e. The average Bonchev–Trinajstić information content (AvgIpc) is 2.47. The van der Waals surface area contributed by atoms with Crippen LogP contribution >= 0.6 is 0 Å². The molecule has 0 radical (unpaired) electrons. The van der Waals surface area contributed by atoms with Gasteiger partial charge >= 0.3 is 0 Å². The standard InChI is InChI=1S/C16H19N3O/c1-2-18-16(20)13-8-9-14(17)15(10-13)19-11-12-6-4-3-5-7-12/h3-10,19H,2,11,17H2,1H3,(H,18,20). The van der Waals surface area contributed by atoms with Crippen LogP contribution in [0.15, 0.2) is 48.5 Å². The molecule has 0 aromatic heterocycles. The van der Waals surface area contributed by atoms with Gasteiger partial charge in [-0.25, -0.2) is 0 Å². The first-order valence-electron chi connectivity index (χ1n) is 6.66. The summed E-state index contributed by atoms with van der Waals surface area (Å²) in [5.41, 5.74) is 9.11. The van der Waals surface area contributed by atoms with Crippen molar-refractivity contribution in [1.82, 2.24) is 5.32 Å². The van der Waals surface area contributed by atoms with Gasteiger partial charge in [0.05, 0.1) is 11.4 Å². The first-order chi connectivity index (χ1) is 9.70. The van der Waals surface area contributed by atoms with E-state index < -0.39 is 0 Å². The molecule has 20 heavy (non-hydrogen) atoms. The van der Waals surface area contributed by atoms with Gasteiger partial charge in [-0.15, -0.1) is 0 Å². The van der Waals surface area contributed by atoms with Crippen molar-refractivity contribution in [2.75, 3.05) is 17.6 Å². The van der Waals surface area contributed by atoms with Gasteiger partial charge < -0.3 is 16.4 Å². The molecule has 2 aromatic carbocycles. The molecule has 0 aliphatic heterocycles. The van der Waals surface area contributed by atoms with Crippen LogP contribution in [0.25, 0.3) is 0 Å². The minimum atomic E-state index is -0.0877. The lowest BCUT2D eigenvalue weighted by Gasteiger charge is -2.11. The van der Waals surface area contributed by atoms with Crippen molar-refractivity contribution in [2.45, 2.75) is 13.5 Å². The number of carbonyl (C=O) groups excluding carboxylic acids is 1. The number of carbonyl (C=O) groups is 1. The quantitative estimate of drug-likeness (QED) is 0.731. The van der Waals surface area contributed by atoms with Crippen LogP contribution in [0.4, 0.5) is 11.4 Å². The minimum Gasteiger partial charge on any atom is -0.397 e. The van der Waals surface area contributed by atoms with Gasteiger partial charge in [-0.1, -0.05) is 30.3 Å². The van der Waals surface area contributed by atoms with E-state index in [0.29, 0.717) is 24.3 Å². The second-order valence-corrected chi connectivity index (χ2v) is 4.50. The van der Waals surface area contributed by atoms with E-state index in [1.165, 1.54) is 0 Å². The Morgan fingerprint density at radius 1 is 1.15 bits per heavy atom. The van der Waals surface area contributed by atoms with E-state index in [1.807, 2.05) is 37.3 Å². The molecule has 0 saturated carbocycles. The second-order valence-electron chi connectivity index (χ2n) is 4.50. The highest BCUT2D eigenvalue weighted by atomic mass is 16.1. The smallest absolute Gasteiger partial charge is 0.251 e. The largest absolute Gasteiger partial charge is 0.397 e. The number of nitrogens with two attached hydrogens (primary N) is 1. The molecule has 2 rings (SSSR count). The Kier molecular flexibility index (Phi) is 4.60. The summed E-state index contributed by atoms with van der Waals surface area (Å²) in [5.74, 6) is -0.0877. The monoisotopic (exact) mass is 269 g/mol. The van der Waals surface area contributed by atoms with Crippen LogP contribution in [0.1, 0.15) is 22.8 Å². The van der Waals surface area contributed by atoms with Gasteiger partial charge in [0.25, 0.3) is 5.91 Å². The van der Waals surface area contributed by atoms with Gasteiger partial charge in [0, 0.05) is 18.7 Å². The number of nitrogen functional groups attached to an aromatic ring is 1. The Morgan fingerprint density at radius 2 is 1.90 bits per heavy atom. The van der Waals surface area contributed by atoms with E-state index in [9.17, 15) is 4.79 Å². The number of nitrogens with one attached hydrogen (secondary N) is 2. The van der Waals surface area contributed by atoms with Crippen LogP contribution in [0.3, 0.4) is 0 Å². The lowest BCUT2D eigenvalue weighted by Crippen LogP contribution is -2.22. The summed E-state index contributed by atoms with van der Waals surface area (Å²) in [6.45, 7) is 3.17. The average molecular weight is 269 g/mol. The Morgan fingerprint density at radius 3 is 2.60 bits per heavy atom. The van der Waals surface area contributed by atoms with Gasteiger partial charge in [-0.05, 0) is 30.7 Å². The van der Waals surface area contributed by atoms with Crippen molar-refractivity contribution in [1.29, 1.82) is 0 Å². The highest BCUT2D eigenvalue weighted by Gasteiger charge is 2.07. The molecule has 0 heterocycles. The number of benzene rings is 2. The van der Waals surface area contributed by atoms with Gasteiger partial charge in [0.2, 0.25) is 0 Å². The van der Waals surface area contributed by atoms with E-state index >= 15 is 0 Å². The van der Waals surface area contributed by atoms with Crippen LogP contribution in [0.2, 0.25) is 0 Å². The highest BCUT2D eigenvalue weighted by molar-refractivity contribution is 5.96. The summed E-state index contributed by atoms with van der Waals surface area (Å²) in [6.07, 6.45) is 0. The van der Waals surface area contributed by atoms with E-state index in [-0.39, 0.29) is 5.91 Å². The van der Waals surface area contributed by atoms with Crippen LogP contribution in [0.5, 0.6) is 0 Å². The summed E-state index contributed by atoms with van der Waals surface area (Å²) in [5, 5.41) is 6.04. The summed E-state index contributed by atoms with van der Waals surface area (Å²) < 4.78 is 0. The van der Waals surface area contributed by atoms with Crippen molar-refractivity contribution in [3.8, 4) is 0 Å². The van der Waals surface area contributed by atoms with Crippen LogP contribution in [0, 0.1) is 0 Å². The molecule has 0 aliphatic carbocycles. The second kappa shape index (κ2) is 6.61. The maximum absolute atomic E-state index is 11.8. The van der Waals surface area contributed by atoms with Gasteiger partial charge in [-0.2, -0.15) is 0 Å². The van der Waals surface area contributed by atoms with Gasteiger partial charge in [0.15, 0.2) is 0 Å². The zero-order valence-corrected chi connectivity index (χ0v) is 11.5. The Balaban J connectivity index is 2.10. The third-order valence-electron chi connectivity index (χ3n) is 2.98. The van der Waals surface area contributed by atoms with Crippen LogP contribution in [-0.4, -0.2) is 12.5 Å². The molecule has 0 unspecified atom stereocenters. The minimum absolute atomic E-state index is 0.0877. The van der Waals surface area contributed by atoms with Crippen molar-refractivity contribution in [2.24, 2.45) is 0 Å². The molecule has 4 heteroatoms. The van der Waals surface area contributed by atoms with Crippen molar-refractivity contribution in [3.63, 3.8) is 0 Å². The summed E-state index contributed by atoms with van der Waals surface area (Å²) in [4.78, 5) is 11.8. The fourth-order valence-corrected chi connectivity index (χ4v) is 1.91. The van der Waals surface area contributed by atoms with E-state index in [0.717, 1.165) is 11.3 Å². The van der Waals surface area contributed by atoms with Gasteiger partial charge in [-0.3, -0.25) is 4.79 Å². The summed E-state index contributed by atoms with van der Waals surface area (Å²) in [7, 11) is 0. The number of hydrogen-bond acceptors (Lipinski definition) is 3. The van der Waals surface area contributed by atoms with Crippen molar-refractivity contribution < 1.29 is 4.79 Å². The fourth-order valence-electron chi connectivity index (χ4n) is 1.91. The molecule has 0 aliphatic rings. The summed E-state index contributed by atoms with van der Waals surface area (Å²) in [6, 6.07) is 15.3. The van der Waals surface area contributed by atoms with Crippen LogP contribution in [-0.2, 0) is 6.54 Å². The van der Waals surface area contributed by atoms with Gasteiger partial charge in [0.1, 0.15) is 0 Å². The maximum atomic E-state index is 11.8. The molecule has 104 valence electrons. The lowest BCUT2D eigenvalue weighted by atomic mass is 10.1. The molecule has 4 N–H and O–H groups in total. The zero-order chi connectivity index (χ0) is 14.4. The Labute approximate surface area is 119 Å². The molecule has 0 fully saturated rings. The van der Waals surface area contributed by atoms with E-state index in [1.54, 1.807) is 18.2 Å². The zero-order valence-electron chi connectivity index (χ0n) is 11.5. The number of amides is 1. The molecule has 0 saturated heterocycles. The Bertz CT molecular complexity index is 582. The van der Waals surface area contributed by atoms with E-state index in [2.05, 4.69) is 10.6 Å². The fraction of sp³-hybridized carbons (Fsp3) is 0.188. The lowest BCUT2D eigenvalue weighted by molar-refractivity contribution is 0.0956. The third kappa shape index (κ3) is 3.51. The number of anilines is 2. The predicted molar refractivity (Wildman–Crippen MR) is 82.6 cm³/mol. The van der Waals surface area contributed by atoms with E-state index in [4.69, 9.17) is 5.73 Å². The molecular weight excluding hydrogens is 250 g/mol. The first-order valence-corrected chi connectivity index (χ1v) is 6.66. The molecule has 0 atom stereocenters.